The van der Waals surface area contributed by atoms with Crippen molar-refractivity contribution in [3.63, 3.8) is 0 Å². The molecule has 0 spiro atoms. The Morgan fingerprint density at radius 3 is 2.60 bits per heavy atom. The molecule has 30 heavy (non-hydrogen) atoms. The molecule has 2 aromatic rings. The second-order valence-electron chi connectivity index (χ2n) is 7.77. The van der Waals surface area contributed by atoms with Crippen molar-refractivity contribution < 1.29 is 9.47 Å². The summed E-state index contributed by atoms with van der Waals surface area (Å²) in [5, 5.41) is 0. The van der Waals surface area contributed by atoms with Gasteiger partial charge in [-0.1, -0.05) is 67.6 Å². The summed E-state index contributed by atoms with van der Waals surface area (Å²) in [4.78, 5) is 2.56. The number of piperidine rings is 1. The number of benzene rings is 2. The Labute approximate surface area is 188 Å². The number of ether oxygens (including phenoxy) is 2. The second-order valence-corrected chi connectivity index (χ2v) is 7.77. The average Bonchev–Trinajstić information content (AvgIpc) is 2.78. The van der Waals surface area contributed by atoms with Gasteiger partial charge in [-0.25, -0.2) is 0 Å². The molecule has 0 radical (unpaired) electrons. The number of hydrogen-bond acceptors (Lipinski definition) is 3. The molecule has 1 unspecified atom stereocenters. The van der Waals surface area contributed by atoms with Crippen LogP contribution in [0.3, 0.4) is 0 Å². The Bertz CT molecular complexity index is 735. The minimum atomic E-state index is 0. The largest absolute Gasteiger partial charge is 0.493 e. The molecular formula is C26H36ClNO2. The topological polar surface area (TPSA) is 21.7 Å². The zero-order valence-corrected chi connectivity index (χ0v) is 19.0. The Morgan fingerprint density at radius 2 is 1.77 bits per heavy atom. The molecule has 0 saturated carbocycles. The molecular weight excluding hydrogens is 394 g/mol. The number of likely N-dealkylation sites (tertiary alicyclic amines) is 1. The standard InChI is InChI=1S/C26H35NO2.ClH/c1-2-20-28-25-14-10-19-27(22-25)18-8-9-21-29-26-15-7-6-13-24(26)17-16-23-11-4-3-5-12-23;/h3-7,11-13,15-17,25H,2,8-10,14,18-22H2,1H3;1H/b17-16+;. The van der Waals surface area contributed by atoms with Crippen LogP contribution in [0.2, 0.25) is 0 Å². The molecule has 2 aromatic carbocycles. The van der Waals surface area contributed by atoms with Gasteiger partial charge in [0.25, 0.3) is 0 Å². The monoisotopic (exact) mass is 429 g/mol. The third-order valence-electron chi connectivity index (χ3n) is 5.32. The highest BCUT2D eigenvalue weighted by atomic mass is 35.5. The molecule has 3 nitrogen and oxygen atoms in total. The Balaban J connectivity index is 0.00000320. The lowest BCUT2D eigenvalue weighted by molar-refractivity contribution is -0.000503. The highest BCUT2D eigenvalue weighted by Gasteiger charge is 2.19. The summed E-state index contributed by atoms with van der Waals surface area (Å²) in [6, 6.07) is 18.6. The minimum absolute atomic E-state index is 0. The van der Waals surface area contributed by atoms with Gasteiger partial charge in [0, 0.05) is 18.7 Å². The van der Waals surface area contributed by atoms with Gasteiger partial charge in [-0.15, -0.1) is 12.4 Å². The van der Waals surface area contributed by atoms with Crippen molar-refractivity contribution in [1.82, 2.24) is 4.90 Å². The molecule has 0 amide bonds. The number of unbranched alkanes of at least 4 members (excludes halogenated alkanes) is 1. The van der Waals surface area contributed by atoms with Gasteiger partial charge in [-0.3, -0.25) is 0 Å². The SMILES string of the molecule is CCCOC1CCCN(CCCCOc2ccccc2/C=C/c2ccccc2)C1.Cl. The summed E-state index contributed by atoms with van der Waals surface area (Å²) in [7, 11) is 0. The summed E-state index contributed by atoms with van der Waals surface area (Å²) in [6.07, 6.45) is 10.5. The van der Waals surface area contributed by atoms with Crippen molar-refractivity contribution in [2.75, 3.05) is 32.8 Å². The number of nitrogens with zero attached hydrogens (tertiary/aromatic N) is 1. The van der Waals surface area contributed by atoms with Crippen LogP contribution in [0.15, 0.2) is 54.6 Å². The molecule has 1 aliphatic heterocycles. The first-order valence-electron chi connectivity index (χ1n) is 11.1. The lowest BCUT2D eigenvalue weighted by Crippen LogP contribution is -2.40. The van der Waals surface area contributed by atoms with E-state index in [1.165, 1.54) is 31.4 Å². The van der Waals surface area contributed by atoms with Crippen LogP contribution in [0.25, 0.3) is 12.2 Å². The molecule has 1 heterocycles. The molecule has 164 valence electrons. The lowest BCUT2D eigenvalue weighted by Gasteiger charge is -2.32. The molecule has 0 bridgehead atoms. The van der Waals surface area contributed by atoms with Crippen LogP contribution >= 0.6 is 12.4 Å². The predicted octanol–water partition coefficient (Wildman–Crippen LogP) is 6.33. The summed E-state index contributed by atoms with van der Waals surface area (Å²) in [6.45, 7) is 7.28. The molecule has 1 fully saturated rings. The highest BCUT2D eigenvalue weighted by molar-refractivity contribution is 5.85. The smallest absolute Gasteiger partial charge is 0.126 e. The van der Waals surface area contributed by atoms with E-state index in [0.717, 1.165) is 50.5 Å². The summed E-state index contributed by atoms with van der Waals surface area (Å²) >= 11 is 0. The molecule has 0 aliphatic carbocycles. The Kier molecular flexibility index (Phi) is 11.6. The second kappa shape index (κ2) is 14.2. The average molecular weight is 430 g/mol. The number of hydrogen-bond donors (Lipinski definition) is 0. The van der Waals surface area contributed by atoms with Crippen molar-refractivity contribution in [3.8, 4) is 5.75 Å². The lowest BCUT2D eigenvalue weighted by atomic mass is 10.1. The van der Waals surface area contributed by atoms with Crippen molar-refractivity contribution in [2.45, 2.75) is 45.1 Å². The van der Waals surface area contributed by atoms with E-state index in [0.29, 0.717) is 6.10 Å². The fraction of sp³-hybridized carbons (Fsp3) is 0.462. The molecule has 3 rings (SSSR count). The molecule has 0 N–H and O–H groups in total. The maximum Gasteiger partial charge on any atom is 0.126 e. The van der Waals surface area contributed by atoms with E-state index < -0.39 is 0 Å². The summed E-state index contributed by atoms with van der Waals surface area (Å²) in [5.41, 5.74) is 2.33. The molecule has 1 aliphatic rings. The van der Waals surface area contributed by atoms with Gasteiger partial charge in [-0.2, -0.15) is 0 Å². The maximum atomic E-state index is 6.09. The number of rotatable bonds is 11. The first-order valence-corrected chi connectivity index (χ1v) is 11.1. The van der Waals surface area contributed by atoms with Crippen LogP contribution in [-0.4, -0.2) is 43.9 Å². The van der Waals surface area contributed by atoms with E-state index in [-0.39, 0.29) is 12.4 Å². The third-order valence-corrected chi connectivity index (χ3v) is 5.32. The van der Waals surface area contributed by atoms with E-state index in [9.17, 15) is 0 Å². The molecule has 4 heteroatoms. The van der Waals surface area contributed by atoms with Gasteiger partial charge < -0.3 is 14.4 Å². The Morgan fingerprint density at radius 1 is 0.967 bits per heavy atom. The first kappa shape index (κ1) is 24.5. The minimum Gasteiger partial charge on any atom is -0.493 e. The fourth-order valence-corrected chi connectivity index (χ4v) is 3.76. The fourth-order valence-electron chi connectivity index (χ4n) is 3.76. The van der Waals surface area contributed by atoms with Crippen LogP contribution in [-0.2, 0) is 4.74 Å². The first-order chi connectivity index (χ1) is 14.3. The quantitative estimate of drug-likeness (QED) is 0.307. The van der Waals surface area contributed by atoms with Crippen molar-refractivity contribution in [2.24, 2.45) is 0 Å². The van der Waals surface area contributed by atoms with Gasteiger partial charge in [-0.05, 0) is 56.8 Å². The van der Waals surface area contributed by atoms with Crippen LogP contribution < -0.4 is 4.74 Å². The number of halogens is 1. The third kappa shape index (κ3) is 8.51. The van der Waals surface area contributed by atoms with Gasteiger partial charge >= 0.3 is 0 Å². The van der Waals surface area contributed by atoms with Gasteiger partial charge in [0.15, 0.2) is 0 Å². The number of para-hydroxylation sites is 1. The van der Waals surface area contributed by atoms with E-state index in [1.807, 2.05) is 12.1 Å². The van der Waals surface area contributed by atoms with E-state index >= 15 is 0 Å². The van der Waals surface area contributed by atoms with Crippen LogP contribution in [0.5, 0.6) is 5.75 Å². The van der Waals surface area contributed by atoms with E-state index in [4.69, 9.17) is 9.47 Å². The van der Waals surface area contributed by atoms with E-state index in [1.54, 1.807) is 0 Å². The molecule has 1 saturated heterocycles. The normalized spacial score (nSPS) is 17.0. The van der Waals surface area contributed by atoms with Crippen LogP contribution in [0.1, 0.15) is 50.2 Å². The molecule has 1 atom stereocenters. The van der Waals surface area contributed by atoms with Gasteiger partial charge in [0.2, 0.25) is 0 Å². The summed E-state index contributed by atoms with van der Waals surface area (Å²) in [5.74, 6) is 0.964. The van der Waals surface area contributed by atoms with Gasteiger partial charge in [0.1, 0.15) is 5.75 Å². The van der Waals surface area contributed by atoms with Crippen molar-refractivity contribution in [3.05, 3.63) is 65.7 Å². The maximum absolute atomic E-state index is 6.09. The molecule has 0 aromatic heterocycles. The Hall–Kier alpha value is -1.81. The van der Waals surface area contributed by atoms with Crippen LogP contribution in [0.4, 0.5) is 0 Å². The highest BCUT2D eigenvalue weighted by Crippen LogP contribution is 2.21. The van der Waals surface area contributed by atoms with E-state index in [2.05, 4.69) is 66.4 Å². The predicted molar refractivity (Wildman–Crippen MR) is 129 cm³/mol. The van der Waals surface area contributed by atoms with Crippen molar-refractivity contribution in [1.29, 1.82) is 0 Å². The van der Waals surface area contributed by atoms with Gasteiger partial charge in [0.05, 0.1) is 12.7 Å². The summed E-state index contributed by atoms with van der Waals surface area (Å²) < 4.78 is 12.0. The zero-order valence-electron chi connectivity index (χ0n) is 18.2. The van der Waals surface area contributed by atoms with Crippen LogP contribution in [0, 0.1) is 0 Å². The zero-order chi connectivity index (χ0) is 20.2. The van der Waals surface area contributed by atoms with Crippen molar-refractivity contribution >= 4 is 24.6 Å².